The maximum Gasteiger partial charge on any atom is 0.184 e. The highest BCUT2D eigenvalue weighted by atomic mass is 79.9. The Kier molecular flexibility index (Phi) is 4.91. The molecule has 0 bridgehead atoms. The van der Waals surface area contributed by atoms with Crippen molar-refractivity contribution in [3.8, 4) is 0 Å². The van der Waals surface area contributed by atoms with Crippen LogP contribution in [0.3, 0.4) is 0 Å². The fourth-order valence-corrected chi connectivity index (χ4v) is 2.59. The van der Waals surface area contributed by atoms with Crippen LogP contribution < -0.4 is 5.32 Å². The Morgan fingerprint density at radius 1 is 1.72 bits per heavy atom. The third kappa shape index (κ3) is 3.18. The van der Waals surface area contributed by atoms with Gasteiger partial charge in [0.25, 0.3) is 0 Å². The predicted octanol–water partition coefficient (Wildman–Crippen LogP) is 1.62. The molecule has 5 nitrogen and oxygen atoms in total. The maximum absolute atomic E-state index is 12.3. The largest absolute Gasteiger partial charge is 0.375 e. The molecule has 6 heteroatoms. The van der Waals surface area contributed by atoms with Crippen molar-refractivity contribution in [3.63, 3.8) is 0 Å². The van der Waals surface area contributed by atoms with E-state index in [2.05, 4.69) is 33.3 Å². The molecule has 1 saturated heterocycles. The number of Topliss-reactive ketones (excluding diaryl/α,β-unsaturated/α-hetero) is 1. The van der Waals surface area contributed by atoms with Crippen LogP contribution in [-0.2, 0) is 11.3 Å². The lowest BCUT2D eigenvalue weighted by Crippen LogP contribution is -2.39. The first kappa shape index (κ1) is 13.7. The second-order valence-electron chi connectivity index (χ2n) is 4.39. The summed E-state index contributed by atoms with van der Waals surface area (Å²) < 4.78 is 8.09. The number of nitrogens with zero attached hydrogens (tertiary/aromatic N) is 2. The number of halogens is 1. The van der Waals surface area contributed by atoms with Crippen molar-refractivity contribution in [2.24, 2.45) is 0 Å². The van der Waals surface area contributed by atoms with Crippen molar-refractivity contribution in [2.45, 2.75) is 32.4 Å². The molecule has 2 rings (SSSR count). The monoisotopic (exact) mass is 315 g/mol. The summed E-state index contributed by atoms with van der Waals surface area (Å²) in [6.07, 6.45) is 3.02. The Morgan fingerprint density at radius 2 is 2.56 bits per heavy atom. The Morgan fingerprint density at radius 3 is 3.22 bits per heavy atom. The first-order valence-electron chi connectivity index (χ1n) is 6.29. The Balaban J connectivity index is 2.05. The molecule has 0 aliphatic carbocycles. The van der Waals surface area contributed by atoms with Gasteiger partial charge in [-0.05, 0) is 22.4 Å². The van der Waals surface area contributed by atoms with Crippen molar-refractivity contribution < 1.29 is 9.53 Å². The summed E-state index contributed by atoms with van der Waals surface area (Å²) in [6, 6.07) is 0. The van der Waals surface area contributed by atoms with Gasteiger partial charge in [0.2, 0.25) is 0 Å². The maximum atomic E-state index is 12.3. The fourth-order valence-electron chi connectivity index (χ4n) is 2.08. The lowest BCUT2D eigenvalue weighted by molar-refractivity contribution is 0.0237. The minimum Gasteiger partial charge on any atom is -0.375 e. The number of carbonyl (C=O) groups excluding carboxylic acids is 1. The molecule has 0 radical (unpaired) electrons. The Hall–Kier alpha value is -0.720. The van der Waals surface area contributed by atoms with Crippen LogP contribution >= 0.6 is 15.9 Å². The molecule has 1 aliphatic rings. The summed E-state index contributed by atoms with van der Waals surface area (Å²) >= 11 is 3.39. The number of aryl methyl sites for hydroxylation is 1. The molecule has 0 spiro atoms. The van der Waals surface area contributed by atoms with E-state index in [4.69, 9.17) is 4.74 Å². The standard InChI is InChI=1S/C12H18BrN3O2/c1-2-4-16-12(10(13)8-15-16)11(17)6-9-7-14-3-5-18-9/h8-9,14H,2-7H2,1H3. The summed E-state index contributed by atoms with van der Waals surface area (Å²) in [4.78, 5) is 12.3. The van der Waals surface area contributed by atoms with E-state index < -0.39 is 0 Å². The molecule has 1 fully saturated rings. The molecule has 0 saturated carbocycles. The van der Waals surface area contributed by atoms with Gasteiger partial charge < -0.3 is 10.1 Å². The quantitative estimate of drug-likeness (QED) is 0.839. The SMILES string of the molecule is CCCn1ncc(Br)c1C(=O)CC1CNCCO1. The molecule has 1 aliphatic heterocycles. The number of nitrogens with one attached hydrogen (secondary N) is 1. The highest BCUT2D eigenvalue weighted by Gasteiger charge is 2.22. The molecule has 100 valence electrons. The number of hydrogen-bond donors (Lipinski definition) is 1. The number of ether oxygens (including phenoxy) is 1. The minimum absolute atomic E-state index is 0.0249. The smallest absolute Gasteiger partial charge is 0.184 e. The molecule has 18 heavy (non-hydrogen) atoms. The number of aromatic nitrogens is 2. The number of ketones is 1. The van der Waals surface area contributed by atoms with Gasteiger partial charge in [0.1, 0.15) is 5.69 Å². The van der Waals surface area contributed by atoms with Crippen molar-refractivity contribution in [1.82, 2.24) is 15.1 Å². The van der Waals surface area contributed by atoms with Crippen LogP contribution in [0.2, 0.25) is 0 Å². The van der Waals surface area contributed by atoms with E-state index in [0.717, 1.165) is 30.5 Å². The van der Waals surface area contributed by atoms with Crippen molar-refractivity contribution in [2.75, 3.05) is 19.7 Å². The number of morpholine rings is 1. The zero-order chi connectivity index (χ0) is 13.0. The van der Waals surface area contributed by atoms with Crippen molar-refractivity contribution in [1.29, 1.82) is 0 Å². The van der Waals surface area contributed by atoms with Gasteiger partial charge >= 0.3 is 0 Å². The van der Waals surface area contributed by atoms with Crippen LogP contribution in [0.5, 0.6) is 0 Å². The van der Waals surface area contributed by atoms with Crippen LogP contribution in [-0.4, -0.2) is 41.4 Å². The van der Waals surface area contributed by atoms with E-state index in [0.29, 0.717) is 18.7 Å². The molecule has 1 atom stereocenters. The molecule has 1 aromatic rings. The van der Waals surface area contributed by atoms with Gasteiger partial charge in [0, 0.05) is 26.1 Å². The van der Waals surface area contributed by atoms with Gasteiger partial charge in [-0.15, -0.1) is 0 Å². The first-order valence-corrected chi connectivity index (χ1v) is 7.08. The molecule has 0 amide bonds. The lowest BCUT2D eigenvalue weighted by Gasteiger charge is -2.23. The van der Waals surface area contributed by atoms with Crippen molar-refractivity contribution in [3.05, 3.63) is 16.4 Å². The number of rotatable bonds is 5. The third-order valence-electron chi connectivity index (χ3n) is 2.91. The predicted molar refractivity (Wildman–Crippen MR) is 71.8 cm³/mol. The molecule has 1 unspecified atom stereocenters. The van der Waals surface area contributed by atoms with Gasteiger partial charge in [-0.25, -0.2) is 0 Å². The third-order valence-corrected chi connectivity index (χ3v) is 3.49. The van der Waals surface area contributed by atoms with Gasteiger partial charge in [-0.2, -0.15) is 5.10 Å². The summed E-state index contributed by atoms with van der Waals surface area (Å²) in [7, 11) is 0. The van der Waals surface area contributed by atoms with Gasteiger partial charge in [0.15, 0.2) is 5.78 Å². The molecule has 1 aromatic heterocycles. The number of carbonyl (C=O) groups is 1. The van der Waals surface area contributed by atoms with Crippen LogP contribution in [0.1, 0.15) is 30.3 Å². The molecule has 2 heterocycles. The summed E-state index contributed by atoms with van der Waals surface area (Å²) in [5.41, 5.74) is 0.658. The van der Waals surface area contributed by atoms with E-state index in [1.165, 1.54) is 0 Å². The van der Waals surface area contributed by atoms with Gasteiger partial charge in [0.05, 0.1) is 23.4 Å². The summed E-state index contributed by atoms with van der Waals surface area (Å²) in [6.45, 7) is 5.11. The average Bonchev–Trinajstić information content (AvgIpc) is 2.72. The zero-order valence-corrected chi connectivity index (χ0v) is 12.1. The van der Waals surface area contributed by atoms with Crippen LogP contribution in [0.15, 0.2) is 10.7 Å². The fraction of sp³-hybridized carbons (Fsp3) is 0.667. The highest BCUT2D eigenvalue weighted by molar-refractivity contribution is 9.10. The average molecular weight is 316 g/mol. The Bertz CT molecular complexity index is 413. The second kappa shape index (κ2) is 6.45. The topological polar surface area (TPSA) is 56.2 Å². The highest BCUT2D eigenvalue weighted by Crippen LogP contribution is 2.19. The van der Waals surface area contributed by atoms with E-state index in [1.807, 2.05) is 0 Å². The van der Waals surface area contributed by atoms with Gasteiger partial charge in [-0.3, -0.25) is 9.48 Å². The first-order chi connectivity index (χ1) is 8.72. The number of hydrogen-bond acceptors (Lipinski definition) is 4. The second-order valence-corrected chi connectivity index (χ2v) is 5.24. The van der Waals surface area contributed by atoms with E-state index in [9.17, 15) is 4.79 Å². The van der Waals surface area contributed by atoms with Gasteiger partial charge in [-0.1, -0.05) is 6.92 Å². The van der Waals surface area contributed by atoms with Crippen molar-refractivity contribution >= 4 is 21.7 Å². The summed E-state index contributed by atoms with van der Waals surface area (Å²) in [5.74, 6) is 0.0847. The molecule has 0 aromatic carbocycles. The Labute approximate surface area is 115 Å². The molecular weight excluding hydrogens is 298 g/mol. The minimum atomic E-state index is -0.0249. The summed E-state index contributed by atoms with van der Waals surface area (Å²) in [5, 5.41) is 7.44. The van der Waals surface area contributed by atoms with E-state index in [-0.39, 0.29) is 11.9 Å². The van der Waals surface area contributed by atoms with Crippen LogP contribution in [0, 0.1) is 0 Å². The molecule has 1 N–H and O–H groups in total. The zero-order valence-electron chi connectivity index (χ0n) is 10.5. The van der Waals surface area contributed by atoms with E-state index in [1.54, 1.807) is 10.9 Å². The van der Waals surface area contributed by atoms with E-state index >= 15 is 0 Å². The normalized spacial score (nSPS) is 20.0. The van der Waals surface area contributed by atoms with Crippen LogP contribution in [0.25, 0.3) is 0 Å². The lowest BCUT2D eigenvalue weighted by atomic mass is 10.1. The molecular formula is C12H18BrN3O2. The van der Waals surface area contributed by atoms with Crippen LogP contribution in [0.4, 0.5) is 0 Å².